The van der Waals surface area contributed by atoms with Gasteiger partial charge in [0.25, 0.3) is 0 Å². The van der Waals surface area contributed by atoms with E-state index in [1.54, 1.807) is 6.07 Å². The van der Waals surface area contributed by atoms with Crippen molar-refractivity contribution >= 4 is 5.97 Å². The number of benzene rings is 1. The molecule has 88 valence electrons. The van der Waals surface area contributed by atoms with Crippen molar-refractivity contribution in [3.8, 4) is 0 Å². The lowest BCUT2D eigenvalue weighted by molar-refractivity contribution is -0.137. The third kappa shape index (κ3) is 4.38. The molecular formula is C12H14F2O2. The van der Waals surface area contributed by atoms with Crippen LogP contribution in [-0.2, 0) is 11.2 Å². The van der Waals surface area contributed by atoms with E-state index in [9.17, 15) is 13.6 Å². The second kappa shape index (κ2) is 6.20. The molecule has 2 nitrogen and oxygen atoms in total. The zero-order chi connectivity index (χ0) is 12.0. The van der Waals surface area contributed by atoms with Crippen LogP contribution in [0.25, 0.3) is 0 Å². The van der Waals surface area contributed by atoms with Crippen LogP contribution in [0.4, 0.5) is 8.78 Å². The van der Waals surface area contributed by atoms with E-state index >= 15 is 0 Å². The molecule has 0 saturated heterocycles. The highest BCUT2D eigenvalue weighted by Crippen LogP contribution is 2.12. The Bertz CT molecular complexity index is 364. The lowest BCUT2D eigenvalue weighted by Gasteiger charge is -2.01. The first-order valence-electron chi connectivity index (χ1n) is 5.25. The van der Waals surface area contributed by atoms with E-state index in [1.807, 2.05) is 0 Å². The normalized spacial score (nSPS) is 10.4. The van der Waals surface area contributed by atoms with E-state index < -0.39 is 17.6 Å². The minimum Gasteiger partial charge on any atom is -0.481 e. The molecule has 1 aromatic rings. The number of unbranched alkanes of at least 4 members (excludes halogenated alkanes) is 2. The van der Waals surface area contributed by atoms with E-state index in [-0.39, 0.29) is 6.42 Å². The summed E-state index contributed by atoms with van der Waals surface area (Å²) >= 11 is 0. The van der Waals surface area contributed by atoms with Gasteiger partial charge in [-0.25, -0.2) is 8.78 Å². The van der Waals surface area contributed by atoms with E-state index in [2.05, 4.69) is 0 Å². The van der Waals surface area contributed by atoms with Gasteiger partial charge in [-0.3, -0.25) is 4.79 Å². The van der Waals surface area contributed by atoms with E-state index in [0.29, 0.717) is 12.8 Å². The topological polar surface area (TPSA) is 37.3 Å². The van der Waals surface area contributed by atoms with Crippen molar-refractivity contribution in [3.05, 3.63) is 35.4 Å². The molecule has 0 aliphatic heterocycles. The molecule has 1 aromatic carbocycles. The van der Waals surface area contributed by atoms with Gasteiger partial charge in [0, 0.05) is 6.42 Å². The molecular weight excluding hydrogens is 214 g/mol. The highest BCUT2D eigenvalue weighted by molar-refractivity contribution is 5.66. The fourth-order valence-electron chi connectivity index (χ4n) is 1.48. The Balaban J connectivity index is 2.27. The number of carboxylic acid groups (broad SMARTS) is 1. The number of halogens is 2. The second-order valence-corrected chi connectivity index (χ2v) is 3.70. The largest absolute Gasteiger partial charge is 0.481 e. The quantitative estimate of drug-likeness (QED) is 0.759. The number of aryl methyl sites for hydroxylation is 1. The summed E-state index contributed by atoms with van der Waals surface area (Å²) in [6.45, 7) is 0. The van der Waals surface area contributed by atoms with Crippen LogP contribution in [0.15, 0.2) is 18.2 Å². The maximum Gasteiger partial charge on any atom is 0.303 e. The molecule has 0 amide bonds. The summed E-state index contributed by atoms with van der Waals surface area (Å²) in [6, 6.07) is 3.85. The van der Waals surface area contributed by atoms with Gasteiger partial charge < -0.3 is 5.11 Å². The van der Waals surface area contributed by atoms with Gasteiger partial charge in [0.05, 0.1) is 0 Å². The van der Waals surface area contributed by atoms with Crippen molar-refractivity contribution in [1.82, 2.24) is 0 Å². The van der Waals surface area contributed by atoms with Crippen LogP contribution < -0.4 is 0 Å². The molecule has 4 heteroatoms. The van der Waals surface area contributed by atoms with Crippen LogP contribution in [0.5, 0.6) is 0 Å². The molecule has 0 spiro atoms. The molecule has 0 saturated carbocycles. The van der Waals surface area contributed by atoms with Crippen LogP contribution >= 0.6 is 0 Å². The van der Waals surface area contributed by atoms with Crippen LogP contribution in [0.3, 0.4) is 0 Å². The summed E-state index contributed by atoms with van der Waals surface area (Å²) in [5.41, 5.74) is 0.745. The van der Waals surface area contributed by atoms with E-state index in [4.69, 9.17) is 5.11 Å². The average molecular weight is 228 g/mol. The molecule has 1 rings (SSSR count). The average Bonchev–Trinajstić information content (AvgIpc) is 2.22. The zero-order valence-corrected chi connectivity index (χ0v) is 8.88. The van der Waals surface area contributed by atoms with Gasteiger partial charge in [-0.2, -0.15) is 0 Å². The molecule has 0 aromatic heterocycles. The smallest absolute Gasteiger partial charge is 0.303 e. The monoisotopic (exact) mass is 228 g/mol. The summed E-state index contributed by atoms with van der Waals surface area (Å²) in [7, 11) is 0. The number of aliphatic carboxylic acids is 1. The summed E-state index contributed by atoms with van der Waals surface area (Å²) < 4.78 is 25.4. The summed E-state index contributed by atoms with van der Waals surface area (Å²) in [5.74, 6) is -2.47. The molecule has 0 bridgehead atoms. The molecule has 0 heterocycles. The Morgan fingerprint density at radius 3 is 2.50 bits per heavy atom. The van der Waals surface area contributed by atoms with Gasteiger partial charge in [0.15, 0.2) is 11.6 Å². The molecule has 0 radical (unpaired) electrons. The lowest BCUT2D eigenvalue weighted by Crippen LogP contribution is -1.94. The van der Waals surface area contributed by atoms with Gasteiger partial charge >= 0.3 is 5.97 Å². The Kier molecular flexibility index (Phi) is 4.89. The number of hydrogen-bond acceptors (Lipinski definition) is 1. The fourth-order valence-corrected chi connectivity index (χ4v) is 1.48. The SMILES string of the molecule is O=C(O)CCCCCc1ccc(F)c(F)c1. The standard InChI is InChI=1S/C12H14F2O2/c13-10-7-6-9(8-11(10)14)4-2-1-3-5-12(15)16/h6-8H,1-5H2,(H,15,16). The molecule has 0 fully saturated rings. The molecule has 0 aliphatic carbocycles. The van der Waals surface area contributed by atoms with Crippen LogP contribution in [0.2, 0.25) is 0 Å². The predicted molar refractivity (Wildman–Crippen MR) is 56.2 cm³/mol. The van der Waals surface area contributed by atoms with Crippen molar-refractivity contribution in [2.24, 2.45) is 0 Å². The van der Waals surface area contributed by atoms with Gasteiger partial charge in [-0.05, 0) is 37.0 Å². The number of carboxylic acids is 1. The second-order valence-electron chi connectivity index (χ2n) is 3.70. The first kappa shape index (κ1) is 12.6. The van der Waals surface area contributed by atoms with Crippen LogP contribution in [-0.4, -0.2) is 11.1 Å². The molecule has 0 unspecified atom stereocenters. The summed E-state index contributed by atoms with van der Waals surface area (Å²) in [6.07, 6.45) is 3.01. The third-order valence-electron chi connectivity index (χ3n) is 2.34. The molecule has 1 N–H and O–H groups in total. The van der Waals surface area contributed by atoms with Crippen molar-refractivity contribution in [2.45, 2.75) is 32.1 Å². The van der Waals surface area contributed by atoms with Crippen molar-refractivity contribution in [1.29, 1.82) is 0 Å². The Hall–Kier alpha value is -1.45. The van der Waals surface area contributed by atoms with Gasteiger partial charge in [0.2, 0.25) is 0 Å². The predicted octanol–water partition coefficient (Wildman–Crippen LogP) is 3.15. The van der Waals surface area contributed by atoms with Gasteiger partial charge in [-0.15, -0.1) is 0 Å². The van der Waals surface area contributed by atoms with Crippen molar-refractivity contribution < 1.29 is 18.7 Å². The molecule has 0 atom stereocenters. The maximum absolute atomic E-state index is 12.8. The van der Waals surface area contributed by atoms with E-state index in [1.165, 1.54) is 6.07 Å². The highest BCUT2D eigenvalue weighted by Gasteiger charge is 2.02. The Morgan fingerprint density at radius 1 is 1.12 bits per heavy atom. The molecule has 0 aliphatic rings. The maximum atomic E-state index is 12.8. The first-order chi connectivity index (χ1) is 7.59. The number of carbonyl (C=O) groups is 1. The Morgan fingerprint density at radius 2 is 1.88 bits per heavy atom. The number of hydrogen-bond donors (Lipinski definition) is 1. The third-order valence-corrected chi connectivity index (χ3v) is 2.34. The molecule has 16 heavy (non-hydrogen) atoms. The number of rotatable bonds is 6. The minimum absolute atomic E-state index is 0.164. The summed E-state index contributed by atoms with van der Waals surface area (Å²) in [4.78, 5) is 10.2. The van der Waals surface area contributed by atoms with Crippen molar-refractivity contribution in [2.75, 3.05) is 0 Å². The van der Waals surface area contributed by atoms with Gasteiger partial charge in [-0.1, -0.05) is 12.5 Å². The van der Waals surface area contributed by atoms with Crippen molar-refractivity contribution in [3.63, 3.8) is 0 Å². The van der Waals surface area contributed by atoms with E-state index in [0.717, 1.165) is 24.5 Å². The van der Waals surface area contributed by atoms with Crippen LogP contribution in [0, 0.1) is 11.6 Å². The summed E-state index contributed by atoms with van der Waals surface area (Å²) in [5, 5.41) is 8.41. The minimum atomic E-state index is -0.838. The van der Waals surface area contributed by atoms with Crippen LogP contribution in [0.1, 0.15) is 31.2 Å². The van der Waals surface area contributed by atoms with Gasteiger partial charge in [0.1, 0.15) is 0 Å². The first-order valence-corrected chi connectivity index (χ1v) is 5.25. The highest BCUT2D eigenvalue weighted by atomic mass is 19.2. The Labute approximate surface area is 92.9 Å². The lowest BCUT2D eigenvalue weighted by atomic mass is 10.1. The zero-order valence-electron chi connectivity index (χ0n) is 8.88. The fraction of sp³-hybridized carbons (Fsp3) is 0.417.